The van der Waals surface area contributed by atoms with Crippen molar-refractivity contribution in [3.05, 3.63) is 83.4 Å². The van der Waals surface area contributed by atoms with Crippen LogP contribution in [0.5, 0.6) is 17.2 Å². The molecule has 0 radical (unpaired) electrons. The van der Waals surface area contributed by atoms with Crippen LogP contribution in [-0.2, 0) is 4.79 Å². The summed E-state index contributed by atoms with van der Waals surface area (Å²) in [7, 11) is 4.74. The molecule has 3 aromatic carbocycles. The van der Waals surface area contributed by atoms with Crippen molar-refractivity contribution in [2.45, 2.75) is 0 Å². The second-order valence-corrected chi connectivity index (χ2v) is 6.91. The van der Waals surface area contributed by atoms with E-state index in [4.69, 9.17) is 19.9 Å². The minimum absolute atomic E-state index is 0.215. The molecule has 6 heteroatoms. The van der Waals surface area contributed by atoms with Gasteiger partial charge in [0.25, 0.3) is 0 Å². The van der Waals surface area contributed by atoms with E-state index in [1.807, 2.05) is 60.7 Å². The number of benzene rings is 3. The Bertz CT molecular complexity index is 1110. The normalized spacial score (nSPS) is 11.0. The number of hydrogen-bond donors (Lipinski definition) is 2. The van der Waals surface area contributed by atoms with E-state index in [0.717, 1.165) is 16.7 Å². The number of rotatable bonds is 8. The van der Waals surface area contributed by atoms with Crippen LogP contribution in [0.25, 0.3) is 18.2 Å². The molecular formula is C26H26N2O4. The summed E-state index contributed by atoms with van der Waals surface area (Å²) in [6.07, 6.45) is 7.12. The van der Waals surface area contributed by atoms with E-state index in [2.05, 4.69) is 5.32 Å². The summed E-state index contributed by atoms with van der Waals surface area (Å²) in [6.45, 7) is 0. The first-order valence-corrected chi connectivity index (χ1v) is 9.95. The summed E-state index contributed by atoms with van der Waals surface area (Å²) < 4.78 is 16.1. The van der Waals surface area contributed by atoms with E-state index in [1.165, 1.54) is 6.08 Å². The van der Waals surface area contributed by atoms with E-state index < -0.39 is 0 Å². The number of carbonyl (C=O) groups is 1. The number of ether oxygens (including phenoxy) is 3. The maximum Gasteiger partial charge on any atom is 0.248 e. The van der Waals surface area contributed by atoms with Gasteiger partial charge in [0, 0.05) is 17.5 Å². The minimum atomic E-state index is -0.215. The van der Waals surface area contributed by atoms with Crippen molar-refractivity contribution in [3.8, 4) is 17.2 Å². The zero-order valence-corrected chi connectivity index (χ0v) is 18.3. The number of anilines is 2. The lowest BCUT2D eigenvalue weighted by Crippen LogP contribution is -2.07. The average molecular weight is 431 g/mol. The van der Waals surface area contributed by atoms with Gasteiger partial charge in [-0.25, -0.2) is 0 Å². The lowest BCUT2D eigenvalue weighted by atomic mass is 10.1. The highest BCUT2D eigenvalue weighted by Crippen LogP contribution is 2.38. The molecule has 3 N–H and O–H groups in total. The van der Waals surface area contributed by atoms with Crippen LogP contribution in [0.15, 0.2) is 66.7 Å². The number of hydrogen-bond acceptors (Lipinski definition) is 5. The Morgan fingerprint density at radius 3 is 2.03 bits per heavy atom. The van der Waals surface area contributed by atoms with Gasteiger partial charge in [0.1, 0.15) is 0 Å². The first-order chi connectivity index (χ1) is 15.5. The number of amides is 1. The van der Waals surface area contributed by atoms with Crippen molar-refractivity contribution < 1.29 is 19.0 Å². The zero-order valence-electron chi connectivity index (χ0n) is 18.3. The van der Waals surface area contributed by atoms with Gasteiger partial charge in [-0.1, -0.05) is 36.4 Å². The lowest BCUT2D eigenvalue weighted by molar-refractivity contribution is -0.111. The summed E-state index contributed by atoms with van der Waals surface area (Å²) in [6, 6.07) is 18.6. The van der Waals surface area contributed by atoms with E-state index in [-0.39, 0.29) is 5.91 Å². The van der Waals surface area contributed by atoms with Gasteiger partial charge in [0.2, 0.25) is 11.7 Å². The van der Waals surface area contributed by atoms with Gasteiger partial charge in [-0.05, 0) is 59.2 Å². The van der Waals surface area contributed by atoms with Gasteiger partial charge in [-0.2, -0.15) is 0 Å². The summed E-state index contributed by atoms with van der Waals surface area (Å²) in [5, 5.41) is 2.84. The molecule has 0 unspecified atom stereocenters. The fourth-order valence-corrected chi connectivity index (χ4v) is 3.09. The molecule has 3 rings (SSSR count). The van der Waals surface area contributed by atoms with Gasteiger partial charge >= 0.3 is 0 Å². The predicted molar refractivity (Wildman–Crippen MR) is 130 cm³/mol. The zero-order chi connectivity index (χ0) is 22.9. The van der Waals surface area contributed by atoms with Crippen LogP contribution in [0.4, 0.5) is 11.4 Å². The Kier molecular flexibility index (Phi) is 7.54. The van der Waals surface area contributed by atoms with Crippen LogP contribution in [0.2, 0.25) is 0 Å². The molecule has 0 heterocycles. The molecule has 0 spiro atoms. The molecule has 1 amide bonds. The Morgan fingerprint density at radius 2 is 1.44 bits per heavy atom. The number of nitrogens with two attached hydrogens (primary N) is 1. The standard InChI is InChI=1S/C26H26N2O4/c1-30-23-16-20(17-24(31-2)26(23)32-3)8-7-18-9-12-22(13-10-18)28-25(29)14-11-19-5-4-6-21(27)15-19/h4-17H,27H2,1-3H3,(H,28,29)/b8-7?,14-11+. The lowest BCUT2D eigenvalue weighted by Gasteiger charge is -2.12. The maximum atomic E-state index is 12.2. The number of nitrogen functional groups attached to an aromatic ring is 1. The second kappa shape index (κ2) is 10.7. The highest BCUT2D eigenvalue weighted by molar-refractivity contribution is 6.02. The van der Waals surface area contributed by atoms with Gasteiger partial charge in [0.05, 0.1) is 21.3 Å². The van der Waals surface area contributed by atoms with Gasteiger partial charge in [0.15, 0.2) is 11.5 Å². The molecule has 0 aliphatic heterocycles. The predicted octanol–water partition coefficient (Wildman–Crippen LogP) is 5.12. The SMILES string of the molecule is COc1cc(C=Cc2ccc(NC(=O)/C=C/c3cccc(N)c3)cc2)cc(OC)c1OC. The Hall–Kier alpha value is -4.19. The van der Waals surface area contributed by atoms with E-state index >= 15 is 0 Å². The van der Waals surface area contributed by atoms with Crippen LogP contribution >= 0.6 is 0 Å². The second-order valence-electron chi connectivity index (χ2n) is 6.91. The highest BCUT2D eigenvalue weighted by atomic mass is 16.5. The molecule has 0 fully saturated rings. The fourth-order valence-electron chi connectivity index (χ4n) is 3.09. The van der Waals surface area contributed by atoms with E-state index in [9.17, 15) is 4.79 Å². The molecule has 0 aliphatic carbocycles. The average Bonchev–Trinajstić information content (AvgIpc) is 2.81. The van der Waals surface area contributed by atoms with Crippen molar-refractivity contribution in [2.75, 3.05) is 32.4 Å². The molecule has 0 bridgehead atoms. The molecule has 0 saturated heterocycles. The number of carbonyl (C=O) groups excluding carboxylic acids is 1. The quantitative estimate of drug-likeness (QED) is 0.295. The summed E-state index contributed by atoms with van der Waals surface area (Å²) in [4.78, 5) is 12.2. The third-order valence-electron chi connectivity index (χ3n) is 4.67. The Balaban J connectivity index is 1.65. The third kappa shape index (κ3) is 5.92. The number of methoxy groups -OCH3 is 3. The smallest absolute Gasteiger partial charge is 0.248 e. The highest BCUT2D eigenvalue weighted by Gasteiger charge is 2.11. The molecule has 0 atom stereocenters. The Labute approximate surface area is 187 Å². The summed E-state index contributed by atoms with van der Waals surface area (Å²) >= 11 is 0. The maximum absolute atomic E-state index is 12.2. The largest absolute Gasteiger partial charge is 0.493 e. The van der Waals surface area contributed by atoms with Crippen molar-refractivity contribution in [3.63, 3.8) is 0 Å². The first kappa shape index (κ1) is 22.5. The molecule has 164 valence electrons. The summed E-state index contributed by atoms with van der Waals surface area (Å²) in [5.41, 5.74) is 9.86. The molecule has 0 aliphatic rings. The van der Waals surface area contributed by atoms with Gasteiger partial charge < -0.3 is 25.3 Å². The molecule has 6 nitrogen and oxygen atoms in total. The van der Waals surface area contributed by atoms with Crippen molar-refractivity contribution in [2.24, 2.45) is 0 Å². The number of nitrogens with one attached hydrogen (secondary N) is 1. The van der Waals surface area contributed by atoms with Crippen molar-refractivity contribution in [1.82, 2.24) is 0 Å². The van der Waals surface area contributed by atoms with E-state index in [0.29, 0.717) is 28.6 Å². The van der Waals surface area contributed by atoms with Crippen LogP contribution in [-0.4, -0.2) is 27.2 Å². The molecule has 3 aromatic rings. The van der Waals surface area contributed by atoms with E-state index in [1.54, 1.807) is 39.5 Å². The minimum Gasteiger partial charge on any atom is -0.493 e. The topological polar surface area (TPSA) is 82.8 Å². The van der Waals surface area contributed by atoms with Crippen molar-refractivity contribution >= 4 is 35.5 Å². The molecular weight excluding hydrogens is 404 g/mol. The Morgan fingerprint density at radius 1 is 0.781 bits per heavy atom. The molecule has 0 aromatic heterocycles. The van der Waals surface area contributed by atoms with Crippen LogP contribution in [0, 0.1) is 0 Å². The van der Waals surface area contributed by atoms with Gasteiger partial charge in [-0.15, -0.1) is 0 Å². The molecule has 0 saturated carbocycles. The van der Waals surface area contributed by atoms with Crippen LogP contribution < -0.4 is 25.3 Å². The summed E-state index contributed by atoms with van der Waals surface area (Å²) in [5.74, 6) is 1.52. The fraction of sp³-hybridized carbons (Fsp3) is 0.115. The molecule has 32 heavy (non-hydrogen) atoms. The van der Waals surface area contributed by atoms with Crippen molar-refractivity contribution in [1.29, 1.82) is 0 Å². The third-order valence-corrected chi connectivity index (χ3v) is 4.67. The van der Waals surface area contributed by atoms with Crippen LogP contribution in [0.1, 0.15) is 16.7 Å². The first-order valence-electron chi connectivity index (χ1n) is 9.95. The van der Waals surface area contributed by atoms with Crippen LogP contribution in [0.3, 0.4) is 0 Å². The monoisotopic (exact) mass is 430 g/mol. The van der Waals surface area contributed by atoms with Gasteiger partial charge in [-0.3, -0.25) is 4.79 Å².